The Morgan fingerprint density at radius 1 is 1.60 bits per heavy atom. The van der Waals surface area contributed by atoms with Crippen molar-refractivity contribution < 1.29 is 19.8 Å². The first-order valence-electron chi connectivity index (χ1n) is 5.79. The fourth-order valence-corrected chi connectivity index (χ4v) is 2.51. The Labute approximate surface area is 119 Å². The van der Waals surface area contributed by atoms with E-state index in [2.05, 4.69) is 0 Å². The van der Waals surface area contributed by atoms with E-state index in [1.165, 1.54) is 6.07 Å². The second-order valence-electron chi connectivity index (χ2n) is 4.42. The molecule has 1 heterocycles. The van der Waals surface area contributed by atoms with Gasteiger partial charge in [-0.1, -0.05) is 17.7 Å². The SMILES string of the molecule is Cc1c(Cl)ccc2c1C(=O)N(C(CO)C(=O)O)C2C#N. The Bertz CT molecular complexity index is 638. The molecule has 1 aliphatic rings. The van der Waals surface area contributed by atoms with Crippen LogP contribution >= 0.6 is 11.6 Å². The number of nitriles is 1. The number of carboxylic acids is 1. The number of fused-ring (bicyclic) bond motifs is 1. The largest absolute Gasteiger partial charge is 0.480 e. The third-order valence-electron chi connectivity index (χ3n) is 3.37. The number of aliphatic hydroxyl groups excluding tert-OH is 1. The number of aliphatic hydroxyl groups is 1. The molecule has 0 radical (unpaired) electrons. The van der Waals surface area contributed by atoms with Crippen LogP contribution in [0.5, 0.6) is 0 Å². The number of hydrogen-bond donors (Lipinski definition) is 2. The van der Waals surface area contributed by atoms with Crippen molar-refractivity contribution in [2.24, 2.45) is 0 Å². The van der Waals surface area contributed by atoms with Crippen LogP contribution in [0.25, 0.3) is 0 Å². The molecule has 2 atom stereocenters. The van der Waals surface area contributed by atoms with Crippen LogP contribution in [0.15, 0.2) is 12.1 Å². The van der Waals surface area contributed by atoms with E-state index < -0.39 is 30.6 Å². The van der Waals surface area contributed by atoms with Gasteiger partial charge in [0.1, 0.15) is 6.04 Å². The van der Waals surface area contributed by atoms with Crippen LogP contribution in [-0.4, -0.2) is 39.6 Å². The molecule has 7 heteroatoms. The summed E-state index contributed by atoms with van der Waals surface area (Å²) < 4.78 is 0. The van der Waals surface area contributed by atoms with E-state index >= 15 is 0 Å². The minimum absolute atomic E-state index is 0.240. The summed E-state index contributed by atoms with van der Waals surface area (Å²) >= 11 is 5.95. The predicted molar refractivity (Wildman–Crippen MR) is 69.2 cm³/mol. The average molecular weight is 295 g/mol. The molecule has 1 aromatic rings. The van der Waals surface area contributed by atoms with Crippen molar-refractivity contribution in [2.75, 3.05) is 6.61 Å². The fourth-order valence-electron chi connectivity index (χ4n) is 2.35. The van der Waals surface area contributed by atoms with Crippen LogP contribution in [0.1, 0.15) is 27.5 Å². The number of aliphatic carboxylic acids is 1. The number of nitrogens with zero attached hydrogens (tertiary/aromatic N) is 2. The van der Waals surface area contributed by atoms with E-state index in [0.717, 1.165) is 4.90 Å². The molecule has 0 spiro atoms. The van der Waals surface area contributed by atoms with E-state index in [1.54, 1.807) is 13.0 Å². The van der Waals surface area contributed by atoms with Gasteiger partial charge in [0.15, 0.2) is 6.04 Å². The molecule has 0 saturated heterocycles. The van der Waals surface area contributed by atoms with Gasteiger partial charge in [-0.05, 0) is 18.6 Å². The number of hydrogen-bond acceptors (Lipinski definition) is 4. The van der Waals surface area contributed by atoms with E-state index in [0.29, 0.717) is 16.1 Å². The van der Waals surface area contributed by atoms with E-state index in [4.69, 9.17) is 16.7 Å². The summed E-state index contributed by atoms with van der Waals surface area (Å²) in [6.07, 6.45) is 0. The Kier molecular flexibility index (Phi) is 3.66. The van der Waals surface area contributed by atoms with Crippen LogP contribution in [0.2, 0.25) is 5.02 Å². The lowest BCUT2D eigenvalue weighted by Crippen LogP contribution is -2.45. The van der Waals surface area contributed by atoms with Crippen LogP contribution in [0.4, 0.5) is 0 Å². The number of carboxylic acid groups (broad SMARTS) is 1. The summed E-state index contributed by atoms with van der Waals surface area (Å²) in [6, 6.07) is 2.50. The minimum atomic E-state index is -1.46. The number of halogens is 1. The number of carbonyl (C=O) groups excluding carboxylic acids is 1. The molecule has 1 aliphatic heterocycles. The Morgan fingerprint density at radius 2 is 2.25 bits per heavy atom. The molecule has 0 aromatic heterocycles. The van der Waals surface area contributed by atoms with Crippen LogP contribution in [0.3, 0.4) is 0 Å². The number of amides is 1. The summed E-state index contributed by atoms with van der Waals surface area (Å²) in [5, 5.41) is 27.9. The van der Waals surface area contributed by atoms with Gasteiger partial charge < -0.3 is 15.1 Å². The summed E-state index contributed by atoms with van der Waals surface area (Å²) in [4.78, 5) is 24.4. The number of carbonyl (C=O) groups is 2. The zero-order valence-corrected chi connectivity index (χ0v) is 11.3. The lowest BCUT2D eigenvalue weighted by atomic mass is 10.0. The molecule has 0 fully saturated rings. The van der Waals surface area contributed by atoms with Crippen LogP contribution in [-0.2, 0) is 4.79 Å². The molecular formula is C13H11ClN2O4. The van der Waals surface area contributed by atoms with Crippen LogP contribution in [0, 0.1) is 18.3 Å². The van der Waals surface area contributed by atoms with Crippen molar-refractivity contribution in [3.63, 3.8) is 0 Å². The predicted octanol–water partition coefficient (Wildman–Crippen LogP) is 1.11. The molecule has 2 rings (SSSR count). The molecule has 0 aliphatic carbocycles. The molecule has 104 valence electrons. The quantitative estimate of drug-likeness (QED) is 0.869. The first-order valence-corrected chi connectivity index (χ1v) is 6.16. The van der Waals surface area contributed by atoms with Gasteiger partial charge in [-0.3, -0.25) is 4.79 Å². The van der Waals surface area contributed by atoms with Gasteiger partial charge >= 0.3 is 5.97 Å². The highest BCUT2D eigenvalue weighted by atomic mass is 35.5. The van der Waals surface area contributed by atoms with Gasteiger partial charge in [0, 0.05) is 10.6 Å². The highest BCUT2D eigenvalue weighted by Crippen LogP contribution is 2.38. The normalized spacial score (nSPS) is 18.6. The number of rotatable bonds is 3. The summed E-state index contributed by atoms with van der Waals surface area (Å²) in [6.45, 7) is 0.867. The molecule has 0 saturated carbocycles. The van der Waals surface area contributed by atoms with Crippen molar-refractivity contribution >= 4 is 23.5 Å². The monoisotopic (exact) mass is 294 g/mol. The molecule has 20 heavy (non-hydrogen) atoms. The van der Waals surface area contributed by atoms with Crippen molar-refractivity contribution in [2.45, 2.75) is 19.0 Å². The van der Waals surface area contributed by atoms with Crippen molar-refractivity contribution in [1.29, 1.82) is 5.26 Å². The summed E-state index contributed by atoms with van der Waals surface area (Å²) in [5.41, 5.74) is 1.15. The molecule has 0 bridgehead atoms. The van der Waals surface area contributed by atoms with Gasteiger partial charge in [-0.2, -0.15) is 5.26 Å². The van der Waals surface area contributed by atoms with Gasteiger partial charge in [0.25, 0.3) is 5.91 Å². The molecule has 1 amide bonds. The van der Waals surface area contributed by atoms with Gasteiger partial charge in [0.05, 0.1) is 18.2 Å². The van der Waals surface area contributed by atoms with Crippen molar-refractivity contribution in [1.82, 2.24) is 4.90 Å². The third kappa shape index (κ3) is 1.92. The topological polar surface area (TPSA) is 102 Å². The molecule has 1 aromatic carbocycles. The molecule has 2 unspecified atom stereocenters. The van der Waals surface area contributed by atoms with Crippen molar-refractivity contribution in [3.8, 4) is 6.07 Å². The lowest BCUT2D eigenvalue weighted by Gasteiger charge is -2.25. The van der Waals surface area contributed by atoms with Crippen molar-refractivity contribution in [3.05, 3.63) is 33.8 Å². The highest BCUT2D eigenvalue weighted by molar-refractivity contribution is 6.32. The zero-order chi connectivity index (χ0) is 15.0. The Balaban J connectivity index is 2.61. The number of benzene rings is 1. The Morgan fingerprint density at radius 3 is 2.75 bits per heavy atom. The highest BCUT2D eigenvalue weighted by Gasteiger charge is 2.44. The maximum absolute atomic E-state index is 12.4. The lowest BCUT2D eigenvalue weighted by molar-refractivity contribution is -0.144. The average Bonchev–Trinajstić information content (AvgIpc) is 2.68. The third-order valence-corrected chi connectivity index (χ3v) is 3.78. The van der Waals surface area contributed by atoms with E-state index in [1.807, 2.05) is 6.07 Å². The minimum Gasteiger partial charge on any atom is -0.480 e. The second kappa shape index (κ2) is 5.12. The second-order valence-corrected chi connectivity index (χ2v) is 4.82. The first kappa shape index (κ1) is 14.3. The standard InChI is InChI=1S/C13H11ClN2O4/c1-6-8(14)3-2-7-9(4-15)16(12(18)11(6)7)10(5-17)13(19)20/h2-3,9-10,17H,5H2,1H3,(H,19,20). The first-order chi connectivity index (χ1) is 9.43. The maximum Gasteiger partial charge on any atom is 0.328 e. The maximum atomic E-state index is 12.4. The van der Waals surface area contributed by atoms with Gasteiger partial charge in [-0.25, -0.2) is 4.79 Å². The van der Waals surface area contributed by atoms with Crippen LogP contribution < -0.4 is 0 Å². The summed E-state index contributed by atoms with van der Waals surface area (Å²) in [5.74, 6) is -1.97. The van der Waals surface area contributed by atoms with Gasteiger partial charge in [-0.15, -0.1) is 0 Å². The summed E-state index contributed by atoms with van der Waals surface area (Å²) in [7, 11) is 0. The van der Waals surface area contributed by atoms with E-state index in [9.17, 15) is 20.0 Å². The smallest absolute Gasteiger partial charge is 0.328 e. The molecule has 6 nitrogen and oxygen atoms in total. The van der Waals surface area contributed by atoms with E-state index in [-0.39, 0.29) is 5.56 Å². The fraction of sp³-hybridized carbons (Fsp3) is 0.308. The van der Waals surface area contributed by atoms with Gasteiger partial charge in [0.2, 0.25) is 0 Å². The molecule has 2 N–H and O–H groups in total. The zero-order valence-electron chi connectivity index (χ0n) is 10.5. The molecular weight excluding hydrogens is 284 g/mol. The Hall–Kier alpha value is -2.10.